The first kappa shape index (κ1) is 11.3. The molecule has 1 aromatic carbocycles. The van der Waals surface area contributed by atoms with E-state index >= 15 is 0 Å². The van der Waals surface area contributed by atoms with Crippen LogP contribution in [0.4, 0.5) is 5.82 Å². The predicted molar refractivity (Wildman–Crippen MR) is 72.9 cm³/mol. The first-order valence-corrected chi connectivity index (χ1v) is 6.49. The number of rotatable bonds is 3. The molecular weight excluding hydrogens is 254 g/mol. The van der Waals surface area contributed by atoms with Crippen LogP contribution in [0, 0.1) is 0 Å². The van der Waals surface area contributed by atoms with Crippen molar-refractivity contribution in [1.82, 2.24) is 30.6 Å². The normalized spacial score (nSPS) is 13.6. The molecule has 2 aromatic heterocycles. The molecule has 2 N–H and O–H groups in total. The van der Waals surface area contributed by atoms with Crippen molar-refractivity contribution in [1.29, 1.82) is 0 Å². The minimum Gasteiger partial charge on any atom is -0.365 e. The standard InChI is InChI=1S/C13H13N7/c1-2-10-7-14-8-11(10)5-9(1)6-15-12-3-4-13-16-18-19-20(13)17-12/h1-5,14H,6-8H2,(H,15,17). The van der Waals surface area contributed by atoms with Crippen molar-refractivity contribution < 1.29 is 0 Å². The van der Waals surface area contributed by atoms with E-state index in [1.165, 1.54) is 21.3 Å². The molecule has 7 nitrogen and oxygen atoms in total. The Kier molecular flexibility index (Phi) is 2.56. The molecule has 3 aromatic rings. The van der Waals surface area contributed by atoms with E-state index in [9.17, 15) is 0 Å². The second kappa shape index (κ2) is 4.53. The second-order valence-electron chi connectivity index (χ2n) is 4.81. The van der Waals surface area contributed by atoms with Gasteiger partial charge in [0, 0.05) is 19.6 Å². The zero-order valence-corrected chi connectivity index (χ0v) is 10.7. The third-order valence-corrected chi connectivity index (χ3v) is 3.44. The van der Waals surface area contributed by atoms with Crippen molar-refractivity contribution in [2.45, 2.75) is 19.6 Å². The Hall–Kier alpha value is -2.54. The van der Waals surface area contributed by atoms with Gasteiger partial charge in [-0.25, -0.2) is 0 Å². The Balaban J connectivity index is 1.52. The van der Waals surface area contributed by atoms with Gasteiger partial charge in [-0.1, -0.05) is 18.2 Å². The maximum absolute atomic E-state index is 4.28. The SMILES string of the molecule is c1cc2c(cc1CNc1ccc3nnnn3n1)CNC2. The van der Waals surface area contributed by atoms with Gasteiger partial charge in [0.2, 0.25) is 0 Å². The maximum Gasteiger partial charge on any atom is 0.200 e. The van der Waals surface area contributed by atoms with Crippen molar-refractivity contribution >= 4 is 11.5 Å². The van der Waals surface area contributed by atoms with E-state index in [4.69, 9.17) is 0 Å². The van der Waals surface area contributed by atoms with Crippen molar-refractivity contribution in [3.63, 3.8) is 0 Å². The molecule has 0 amide bonds. The third-order valence-electron chi connectivity index (χ3n) is 3.44. The quantitative estimate of drug-likeness (QED) is 0.728. The van der Waals surface area contributed by atoms with E-state index in [1.807, 2.05) is 12.1 Å². The highest BCUT2D eigenvalue weighted by atomic mass is 15.6. The molecule has 0 bridgehead atoms. The Morgan fingerprint density at radius 3 is 3.10 bits per heavy atom. The predicted octanol–water partition coefficient (Wildman–Crippen LogP) is 0.735. The monoisotopic (exact) mass is 267 g/mol. The van der Waals surface area contributed by atoms with Crippen LogP contribution >= 0.6 is 0 Å². The van der Waals surface area contributed by atoms with Gasteiger partial charge in [-0.2, -0.15) is 0 Å². The van der Waals surface area contributed by atoms with Crippen LogP contribution in [0.1, 0.15) is 16.7 Å². The maximum atomic E-state index is 4.28. The molecule has 0 atom stereocenters. The number of hydrogen-bond donors (Lipinski definition) is 2. The van der Waals surface area contributed by atoms with Crippen molar-refractivity contribution in [2.24, 2.45) is 0 Å². The molecule has 3 heterocycles. The molecule has 0 spiro atoms. The van der Waals surface area contributed by atoms with Crippen LogP contribution in [-0.2, 0) is 19.6 Å². The molecule has 0 radical (unpaired) electrons. The highest BCUT2D eigenvalue weighted by Crippen LogP contribution is 2.17. The van der Waals surface area contributed by atoms with Crippen molar-refractivity contribution in [2.75, 3.05) is 5.32 Å². The largest absolute Gasteiger partial charge is 0.365 e. The van der Waals surface area contributed by atoms with E-state index in [0.29, 0.717) is 5.65 Å². The number of nitrogens with one attached hydrogen (secondary N) is 2. The molecule has 0 saturated heterocycles. The Labute approximate surface area is 115 Å². The zero-order valence-electron chi connectivity index (χ0n) is 10.7. The lowest BCUT2D eigenvalue weighted by molar-refractivity contribution is 0.734. The molecule has 1 aliphatic rings. The van der Waals surface area contributed by atoms with E-state index in [0.717, 1.165) is 25.5 Å². The summed E-state index contributed by atoms with van der Waals surface area (Å²) in [5.74, 6) is 0.753. The lowest BCUT2D eigenvalue weighted by atomic mass is 10.1. The van der Waals surface area contributed by atoms with E-state index in [1.54, 1.807) is 0 Å². The topological polar surface area (TPSA) is 80.0 Å². The van der Waals surface area contributed by atoms with Crippen LogP contribution in [0.15, 0.2) is 30.3 Å². The van der Waals surface area contributed by atoms with Gasteiger partial charge in [-0.15, -0.1) is 14.8 Å². The number of hydrogen-bond acceptors (Lipinski definition) is 6. The third kappa shape index (κ3) is 1.97. The minimum absolute atomic E-state index is 0.638. The highest BCUT2D eigenvalue weighted by molar-refractivity contribution is 5.43. The number of aromatic nitrogens is 5. The molecular formula is C13H13N7. The highest BCUT2D eigenvalue weighted by Gasteiger charge is 2.09. The van der Waals surface area contributed by atoms with E-state index in [2.05, 4.69) is 49.5 Å². The van der Waals surface area contributed by atoms with Gasteiger partial charge in [0.25, 0.3) is 0 Å². The average Bonchev–Trinajstić information content (AvgIpc) is 3.12. The van der Waals surface area contributed by atoms with Crippen LogP contribution in [0.25, 0.3) is 5.65 Å². The smallest absolute Gasteiger partial charge is 0.200 e. The van der Waals surface area contributed by atoms with Gasteiger partial charge in [0.05, 0.1) is 0 Å². The summed E-state index contributed by atoms with van der Waals surface area (Å²) in [6, 6.07) is 10.3. The van der Waals surface area contributed by atoms with Crippen LogP contribution in [0.2, 0.25) is 0 Å². The van der Waals surface area contributed by atoms with Crippen LogP contribution in [0.3, 0.4) is 0 Å². The van der Waals surface area contributed by atoms with Crippen LogP contribution in [-0.4, -0.2) is 25.3 Å². The molecule has 0 saturated carbocycles. The molecule has 0 fully saturated rings. The molecule has 0 aliphatic carbocycles. The summed E-state index contributed by atoms with van der Waals surface area (Å²) in [6.07, 6.45) is 0. The molecule has 7 heteroatoms. The number of fused-ring (bicyclic) bond motifs is 2. The number of nitrogens with zero attached hydrogens (tertiary/aromatic N) is 5. The van der Waals surface area contributed by atoms with Crippen molar-refractivity contribution in [3.05, 3.63) is 47.0 Å². The summed E-state index contributed by atoms with van der Waals surface area (Å²) in [5, 5.41) is 22.1. The second-order valence-corrected chi connectivity index (χ2v) is 4.81. The summed E-state index contributed by atoms with van der Waals surface area (Å²) in [5.41, 5.74) is 4.65. The van der Waals surface area contributed by atoms with Gasteiger partial charge in [-0.05, 0) is 39.2 Å². The Morgan fingerprint density at radius 2 is 2.10 bits per heavy atom. The fourth-order valence-electron chi connectivity index (χ4n) is 2.39. The summed E-state index contributed by atoms with van der Waals surface area (Å²) >= 11 is 0. The first-order valence-electron chi connectivity index (χ1n) is 6.49. The Bertz CT molecular complexity index is 764. The van der Waals surface area contributed by atoms with E-state index < -0.39 is 0 Å². The minimum atomic E-state index is 0.638. The number of tetrazole rings is 1. The van der Waals surface area contributed by atoms with E-state index in [-0.39, 0.29) is 0 Å². The molecule has 1 aliphatic heterocycles. The fraction of sp³-hybridized carbons (Fsp3) is 0.231. The zero-order chi connectivity index (χ0) is 13.4. The fourth-order valence-corrected chi connectivity index (χ4v) is 2.39. The summed E-state index contributed by atoms with van der Waals surface area (Å²) < 4.78 is 1.41. The van der Waals surface area contributed by atoms with Crippen molar-refractivity contribution in [3.8, 4) is 0 Å². The summed E-state index contributed by atoms with van der Waals surface area (Å²) in [4.78, 5) is 0. The van der Waals surface area contributed by atoms with Crippen LogP contribution in [0.5, 0.6) is 0 Å². The average molecular weight is 267 g/mol. The summed E-state index contributed by atoms with van der Waals surface area (Å²) in [6.45, 7) is 2.66. The van der Waals surface area contributed by atoms with Crippen LogP contribution < -0.4 is 10.6 Å². The molecule has 20 heavy (non-hydrogen) atoms. The molecule has 4 rings (SSSR count). The van der Waals surface area contributed by atoms with Gasteiger partial charge in [0.1, 0.15) is 5.82 Å². The number of anilines is 1. The van der Waals surface area contributed by atoms with Gasteiger partial charge in [0.15, 0.2) is 5.65 Å². The number of benzene rings is 1. The van der Waals surface area contributed by atoms with Gasteiger partial charge in [-0.3, -0.25) is 0 Å². The first-order chi connectivity index (χ1) is 9.88. The molecule has 100 valence electrons. The molecule has 0 unspecified atom stereocenters. The van der Waals surface area contributed by atoms with Gasteiger partial charge >= 0.3 is 0 Å². The lowest BCUT2D eigenvalue weighted by Crippen LogP contribution is -2.05. The summed E-state index contributed by atoms with van der Waals surface area (Å²) in [7, 11) is 0. The Morgan fingerprint density at radius 1 is 1.15 bits per heavy atom. The lowest BCUT2D eigenvalue weighted by Gasteiger charge is -2.07. The van der Waals surface area contributed by atoms with Gasteiger partial charge < -0.3 is 10.6 Å².